The molecule has 1 heterocycles. The Labute approximate surface area is 120 Å². The van der Waals surface area contributed by atoms with Crippen LogP contribution in [0.4, 0.5) is 0 Å². The van der Waals surface area contributed by atoms with Gasteiger partial charge < -0.3 is 14.8 Å². The number of methoxy groups -OCH3 is 1. The minimum atomic E-state index is 0.199. The van der Waals surface area contributed by atoms with Crippen LogP contribution in [0.5, 0.6) is 5.75 Å². The number of hydrogen-bond acceptors (Lipinski definition) is 3. The van der Waals surface area contributed by atoms with Gasteiger partial charge in [0.25, 0.3) is 0 Å². The molecule has 0 spiro atoms. The predicted molar refractivity (Wildman–Crippen MR) is 78.1 cm³/mol. The molecule has 4 heteroatoms. The van der Waals surface area contributed by atoms with E-state index in [0.717, 1.165) is 43.2 Å². The number of fused-ring (bicyclic) bond motifs is 1. The molecule has 1 aliphatic heterocycles. The summed E-state index contributed by atoms with van der Waals surface area (Å²) in [5.41, 5.74) is 1.21. The predicted octanol–water partition coefficient (Wildman–Crippen LogP) is 3.05. The largest absolute Gasteiger partial charge is 0.488 e. The molecule has 1 aromatic rings. The summed E-state index contributed by atoms with van der Waals surface area (Å²) >= 11 is 5.99. The maximum atomic E-state index is 5.99. The van der Waals surface area contributed by atoms with Gasteiger partial charge in [-0.1, -0.05) is 24.9 Å². The van der Waals surface area contributed by atoms with E-state index in [1.807, 2.05) is 18.2 Å². The Morgan fingerprint density at radius 3 is 3.11 bits per heavy atom. The second kappa shape index (κ2) is 7.13. The second-order valence-electron chi connectivity index (χ2n) is 5.05. The fourth-order valence-electron chi connectivity index (χ4n) is 2.49. The molecular weight excluding hydrogens is 262 g/mol. The molecule has 2 rings (SSSR count). The zero-order valence-electron chi connectivity index (χ0n) is 11.6. The summed E-state index contributed by atoms with van der Waals surface area (Å²) in [5.74, 6) is 0.968. The number of benzene rings is 1. The summed E-state index contributed by atoms with van der Waals surface area (Å²) in [6.07, 6.45) is 3.40. The normalized spacial score (nSPS) is 19.0. The van der Waals surface area contributed by atoms with Crippen LogP contribution in [-0.4, -0.2) is 32.4 Å². The lowest BCUT2D eigenvalue weighted by Crippen LogP contribution is -2.39. The summed E-state index contributed by atoms with van der Waals surface area (Å²) in [6, 6.07) is 6.23. The van der Waals surface area contributed by atoms with Gasteiger partial charge in [-0.2, -0.15) is 0 Å². The molecule has 0 aromatic heterocycles. The first-order chi connectivity index (χ1) is 9.22. The minimum Gasteiger partial charge on any atom is -0.488 e. The molecule has 0 amide bonds. The van der Waals surface area contributed by atoms with Crippen LogP contribution in [0.2, 0.25) is 5.02 Å². The third-order valence-corrected chi connectivity index (χ3v) is 3.64. The van der Waals surface area contributed by atoms with Crippen LogP contribution in [0.3, 0.4) is 0 Å². The Balaban J connectivity index is 1.82. The van der Waals surface area contributed by atoms with Crippen molar-refractivity contribution in [1.29, 1.82) is 0 Å². The van der Waals surface area contributed by atoms with Gasteiger partial charge in [0.2, 0.25) is 0 Å². The molecule has 3 nitrogen and oxygen atoms in total. The van der Waals surface area contributed by atoms with Gasteiger partial charge >= 0.3 is 0 Å². The van der Waals surface area contributed by atoms with Crippen LogP contribution in [0, 0.1) is 0 Å². The van der Waals surface area contributed by atoms with Crippen molar-refractivity contribution in [3.8, 4) is 5.75 Å². The van der Waals surface area contributed by atoms with Gasteiger partial charge in [0.05, 0.1) is 6.61 Å². The molecule has 1 aromatic carbocycles. The smallest absolute Gasteiger partial charge is 0.123 e. The highest BCUT2D eigenvalue weighted by molar-refractivity contribution is 6.30. The quantitative estimate of drug-likeness (QED) is 0.834. The highest BCUT2D eigenvalue weighted by atomic mass is 35.5. The molecule has 0 saturated heterocycles. The molecule has 0 bridgehead atoms. The van der Waals surface area contributed by atoms with Crippen LogP contribution in [0.1, 0.15) is 25.3 Å². The topological polar surface area (TPSA) is 30.5 Å². The summed E-state index contributed by atoms with van der Waals surface area (Å²) in [4.78, 5) is 0. The SMILES string of the molecule is CCCC(COC)NCC1Cc2cc(Cl)ccc2O1. The standard InChI is InChI=1S/C15H22ClNO2/c1-3-4-13(10-18-2)17-9-14-8-11-7-12(16)5-6-15(11)19-14/h5-7,13-14,17H,3-4,8-10H2,1-2H3. The first-order valence-corrected chi connectivity index (χ1v) is 7.28. The molecule has 1 aliphatic rings. The van der Waals surface area contributed by atoms with E-state index in [0.29, 0.717) is 6.04 Å². The fraction of sp³-hybridized carbons (Fsp3) is 0.600. The molecule has 2 unspecified atom stereocenters. The van der Waals surface area contributed by atoms with Crippen LogP contribution in [0.15, 0.2) is 18.2 Å². The van der Waals surface area contributed by atoms with E-state index in [-0.39, 0.29) is 6.10 Å². The van der Waals surface area contributed by atoms with Crippen molar-refractivity contribution in [2.75, 3.05) is 20.3 Å². The lowest BCUT2D eigenvalue weighted by Gasteiger charge is -2.19. The van der Waals surface area contributed by atoms with E-state index in [1.54, 1.807) is 7.11 Å². The van der Waals surface area contributed by atoms with Crippen molar-refractivity contribution >= 4 is 11.6 Å². The number of hydrogen-bond donors (Lipinski definition) is 1. The molecule has 0 aliphatic carbocycles. The maximum absolute atomic E-state index is 5.99. The number of rotatable bonds is 7. The van der Waals surface area contributed by atoms with Gasteiger partial charge in [-0.3, -0.25) is 0 Å². The summed E-state index contributed by atoms with van der Waals surface area (Å²) in [6.45, 7) is 3.79. The average Bonchev–Trinajstić information content (AvgIpc) is 2.78. The van der Waals surface area contributed by atoms with Crippen molar-refractivity contribution in [3.63, 3.8) is 0 Å². The molecule has 0 fully saturated rings. The molecular formula is C15H22ClNO2. The molecule has 19 heavy (non-hydrogen) atoms. The van der Waals surface area contributed by atoms with Gasteiger partial charge in [0, 0.05) is 31.1 Å². The molecule has 106 valence electrons. The van der Waals surface area contributed by atoms with Crippen LogP contribution in [-0.2, 0) is 11.2 Å². The first-order valence-electron chi connectivity index (χ1n) is 6.90. The number of ether oxygens (including phenoxy) is 2. The Bertz CT molecular complexity index is 405. The molecule has 2 atom stereocenters. The fourth-order valence-corrected chi connectivity index (χ4v) is 2.69. The van der Waals surface area contributed by atoms with E-state index >= 15 is 0 Å². The van der Waals surface area contributed by atoms with E-state index in [2.05, 4.69) is 12.2 Å². The van der Waals surface area contributed by atoms with Crippen LogP contribution in [0.25, 0.3) is 0 Å². The zero-order chi connectivity index (χ0) is 13.7. The number of nitrogens with one attached hydrogen (secondary N) is 1. The summed E-state index contributed by atoms with van der Waals surface area (Å²) in [7, 11) is 1.74. The average molecular weight is 284 g/mol. The minimum absolute atomic E-state index is 0.199. The third kappa shape index (κ3) is 4.10. The van der Waals surface area contributed by atoms with Gasteiger partial charge in [0.15, 0.2) is 0 Å². The van der Waals surface area contributed by atoms with E-state index in [1.165, 1.54) is 5.56 Å². The van der Waals surface area contributed by atoms with Crippen LogP contribution < -0.4 is 10.1 Å². The zero-order valence-corrected chi connectivity index (χ0v) is 12.4. The highest BCUT2D eigenvalue weighted by Gasteiger charge is 2.23. The van der Waals surface area contributed by atoms with Crippen molar-refractivity contribution < 1.29 is 9.47 Å². The monoisotopic (exact) mass is 283 g/mol. The highest BCUT2D eigenvalue weighted by Crippen LogP contribution is 2.30. The van der Waals surface area contributed by atoms with Gasteiger partial charge in [-0.05, 0) is 30.2 Å². The lowest BCUT2D eigenvalue weighted by molar-refractivity contribution is 0.150. The van der Waals surface area contributed by atoms with Gasteiger partial charge in [0.1, 0.15) is 11.9 Å². The van der Waals surface area contributed by atoms with Crippen molar-refractivity contribution in [3.05, 3.63) is 28.8 Å². The number of halogens is 1. The Hall–Kier alpha value is -0.770. The van der Waals surface area contributed by atoms with E-state index < -0.39 is 0 Å². The first kappa shape index (κ1) is 14.6. The van der Waals surface area contributed by atoms with Crippen molar-refractivity contribution in [1.82, 2.24) is 5.32 Å². The maximum Gasteiger partial charge on any atom is 0.123 e. The molecule has 0 radical (unpaired) electrons. The van der Waals surface area contributed by atoms with Gasteiger partial charge in [-0.15, -0.1) is 0 Å². The van der Waals surface area contributed by atoms with Gasteiger partial charge in [-0.25, -0.2) is 0 Å². The van der Waals surface area contributed by atoms with Crippen molar-refractivity contribution in [2.45, 2.75) is 38.3 Å². The molecule has 1 N–H and O–H groups in total. The van der Waals surface area contributed by atoms with E-state index in [9.17, 15) is 0 Å². The lowest BCUT2D eigenvalue weighted by atomic mass is 10.1. The summed E-state index contributed by atoms with van der Waals surface area (Å²) < 4.78 is 11.1. The second-order valence-corrected chi connectivity index (χ2v) is 5.48. The summed E-state index contributed by atoms with van der Waals surface area (Å²) in [5, 5.41) is 4.31. The third-order valence-electron chi connectivity index (χ3n) is 3.40. The van der Waals surface area contributed by atoms with Crippen molar-refractivity contribution in [2.24, 2.45) is 0 Å². The molecule has 0 saturated carbocycles. The Morgan fingerprint density at radius 1 is 1.53 bits per heavy atom. The Kier molecular flexibility index (Phi) is 5.49. The van der Waals surface area contributed by atoms with Crippen LogP contribution >= 0.6 is 11.6 Å². The van der Waals surface area contributed by atoms with E-state index in [4.69, 9.17) is 21.1 Å². The Morgan fingerprint density at radius 2 is 2.37 bits per heavy atom.